The highest BCUT2D eigenvalue weighted by Gasteiger charge is 2.25. The van der Waals surface area contributed by atoms with Crippen molar-refractivity contribution in [2.75, 3.05) is 0 Å². The van der Waals surface area contributed by atoms with E-state index in [0.717, 1.165) is 0 Å². The van der Waals surface area contributed by atoms with Gasteiger partial charge in [0.25, 0.3) is 0 Å². The first kappa shape index (κ1) is 9.46. The summed E-state index contributed by atoms with van der Waals surface area (Å²) in [5.41, 5.74) is 0. The van der Waals surface area contributed by atoms with Gasteiger partial charge in [0.15, 0.2) is 0 Å². The first-order valence-electron chi connectivity index (χ1n) is 2.82. The Morgan fingerprint density at radius 2 is 1.80 bits per heavy atom. The van der Waals surface area contributed by atoms with E-state index in [-0.39, 0.29) is 12.8 Å². The monoisotopic (exact) mass is 156 g/mol. The van der Waals surface area contributed by atoms with Gasteiger partial charge in [-0.2, -0.15) is 13.2 Å². The summed E-state index contributed by atoms with van der Waals surface area (Å²) in [5, 5.41) is 0. The van der Waals surface area contributed by atoms with Gasteiger partial charge in [0, 0.05) is 6.42 Å². The summed E-state index contributed by atoms with van der Waals surface area (Å²) >= 11 is 0. The van der Waals surface area contributed by atoms with Crippen LogP contribution in [0.5, 0.6) is 0 Å². The van der Waals surface area contributed by atoms with Gasteiger partial charge >= 0.3 is 6.18 Å². The quantitative estimate of drug-likeness (QED) is 0.550. The molecule has 0 radical (unpaired) electrons. The second-order valence-corrected chi connectivity index (χ2v) is 1.99. The Morgan fingerprint density at radius 1 is 1.30 bits per heavy atom. The predicted molar refractivity (Wildman–Crippen MR) is 30.2 cm³/mol. The second kappa shape index (κ2) is 3.58. The average molecular weight is 156 g/mol. The maximum Gasteiger partial charge on any atom is 0.389 e. The van der Waals surface area contributed by atoms with Crippen molar-refractivity contribution in [2.24, 2.45) is 0 Å². The van der Waals surface area contributed by atoms with Crippen molar-refractivity contribution in [1.82, 2.24) is 0 Å². The molecule has 0 aromatic rings. The zero-order valence-electron chi connectivity index (χ0n) is 5.34. The highest BCUT2D eigenvalue weighted by molar-refractivity contribution is 4.79. The Morgan fingerprint density at radius 3 is 2.10 bits per heavy atom. The van der Waals surface area contributed by atoms with Crippen LogP contribution >= 0.6 is 0 Å². The molecule has 0 aromatic heterocycles. The van der Waals surface area contributed by atoms with Gasteiger partial charge in [-0.1, -0.05) is 6.58 Å². The minimum atomic E-state index is -4.17. The van der Waals surface area contributed by atoms with Gasteiger partial charge in [0.1, 0.15) is 0 Å². The largest absolute Gasteiger partial charge is 0.389 e. The lowest BCUT2D eigenvalue weighted by molar-refractivity contribution is -0.135. The van der Waals surface area contributed by atoms with Gasteiger partial charge in [0.2, 0.25) is 0 Å². The molecule has 0 nitrogen and oxygen atoms in total. The highest BCUT2D eigenvalue weighted by atomic mass is 19.4. The first-order chi connectivity index (χ1) is 4.42. The average Bonchev–Trinajstić information content (AvgIpc) is 1.59. The molecule has 0 saturated heterocycles. The summed E-state index contributed by atoms with van der Waals surface area (Å²) in [7, 11) is 0. The Labute approximate surface area is 56.5 Å². The Hall–Kier alpha value is -0.540. The van der Waals surface area contributed by atoms with Gasteiger partial charge in [-0.25, -0.2) is 4.39 Å². The van der Waals surface area contributed by atoms with Crippen molar-refractivity contribution < 1.29 is 17.6 Å². The van der Waals surface area contributed by atoms with E-state index in [1.165, 1.54) is 0 Å². The molecule has 60 valence electrons. The van der Waals surface area contributed by atoms with Crippen LogP contribution in [0.1, 0.15) is 19.3 Å². The van der Waals surface area contributed by atoms with Crippen molar-refractivity contribution in [1.29, 1.82) is 0 Å². The van der Waals surface area contributed by atoms with Crippen LogP contribution in [-0.2, 0) is 0 Å². The molecule has 0 unspecified atom stereocenters. The molecule has 0 fully saturated rings. The van der Waals surface area contributed by atoms with Crippen LogP contribution in [0.2, 0.25) is 0 Å². The summed E-state index contributed by atoms with van der Waals surface area (Å²) < 4.78 is 45.8. The van der Waals surface area contributed by atoms with Crippen molar-refractivity contribution >= 4 is 0 Å². The molecule has 10 heavy (non-hydrogen) atoms. The standard InChI is InChI=1S/C6H8F4/c1-5(7)3-2-4-6(8,9)10/h1-4H2. The number of alkyl halides is 3. The summed E-state index contributed by atoms with van der Waals surface area (Å²) in [5.74, 6) is -0.691. The van der Waals surface area contributed by atoms with Gasteiger partial charge < -0.3 is 0 Å². The van der Waals surface area contributed by atoms with Gasteiger partial charge in [0.05, 0.1) is 5.83 Å². The number of allylic oxidation sites excluding steroid dienone is 1. The van der Waals surface area contributed by atoms with Gasteiger partial charge in [-0.05, 0) is 12.8 Å². The maximum absolute atomic E-state index is 11.7. The number of hydrogen-bond acceptors (Lipinski definition) is 0. The normalized spacial score (nSPS) is 11.6. The lowest BCUT2D eigenvalue weighted by atomic mass is 10.2. The Kier molecular flexibility index (Phi) is 3.39. The molecule has 0 atom stereocenters. The molecular formula is C6H8F4. The molecule has 0 heterocycles. The van der Waals surface area contributed by atoms with Gasteiger partial charge in [-0.3, -0.25) is 0 Å². The molecule has 0 aliphatic heterocycles. The van der Waals surface area contributed by atoms with Crippen LogP contribution in [0.15, 0.2) is 12.4 Å². The second-order valence-electron chi connectivity index (χ2n) is 1.99. The predicted octanol–water partition coefficient (Wildman–Crippen LogP) is 3.20. The Balaban J connectivity index is 3.29. The molecule has 0 aliphatic carbocycles. The van der Waals surface area contributed by atoms with E-state index >= 15 is 0 Å². The van der Waals surface area contributed by atoms with Crippen LogP contribution in [-0.4, -0.2) is 6.18 Å². The number of halogens is 4. The molecule has 0 amide bonds. The fourth-order valence-electron chi connectivity index (χ4n) is 0.481. The van der Waals surface area contributed by atoms with Crippen LogP contribution in [0, 0.1) is 0 Å². The lowest BCUT2D eigenvalue weighted by Crippen LogP contribution is -2.06. The number of hydrogen-bond donors (Lipinski definition) is 0. The SMILES string of the molecule is C=C(F)CCCC(F)(F)F. The van der Waals surface area contributed by atoms with Crippen molar-refractivity contribution in [2.45, 2.75) is 25.4 Å². The topological polar surface area (TPSA) is 0 Å². The summed E-state index contributed by atoms with van der Waals surface area (Å²) in [6, 6.07) is 0. The molecule has 0 saturated carbocycles. The Bertz CT molecular complexity index is 113. The molecule has 0 bridgehead atoms. The smallest absolute Gasteiger partial charge is 0.212 e. The molecule has 0 rings (SSSR count). The van der Waals surface area contributed by atoms with E-state index in [4.69, 9.17) is 0 Å². The fourth-order valence-corrected chi connectivity index (χ4v) is 0.481. The third kappa shape index (κ3) is 7.46. The van der Waals surface area contributed by atoms with Crippen LogP contribution in [0.4, 0.5) is 17.6 Å². The minimum absolute atomic E-state index is 0.195. The molecular weight excluding hydrogens is 148 g/mol. The lowest BCUT2D eigenvalue weighted by Gasteiger charge is -2.03. The minimum Gasteiger partial charge on any atom is -0.212 e. The van der Waals surface area contributed by atoms with Crippen molar-refractivity contribution in [3.05, 3.63) is 12.4 Å². The highest BCUT2D eigenvalue weighted by Crippen LogP contribution is 2.23. The summed E-state index contributed by atoms with van der Waals surface area (Å²) in [4.78, 5) is 0. The van der Waals surface area contributed by atoms with E-state index in [1.807, 2.05) is 0 Å². The third-order valence-electron chi connectivity index (χ3n) is 0.908. The maximum atomic E-state index is 11.7. The molecule has 0 spiro atoms. The van der Waals surface area contributed by atoms with E-state index < -0.39 is 18.4 Å². The van der Waals surface area contributed by atoms with Crippen LogP contribution in [0.25, 0.3) is 0 Å². The summed E-state index contributed by atoms with van der Waals surface area (Å²) in [6.45, 7) is 2.84. The molecule has 0 N–H and O–H groups in total. The van der Waals surface area contributed by atoms with E-state index in [1.54, 1.807) is 0 Å². The molecule has 4 heteroatoms. The zero-order chi connectivity index (χ0) is 8.20. The van der Waals surface area contributed by atoms with Crippen LogP contribution < -0.4 is 0 Å². The molecule has 0 aliphatic rings. The zero-order valence-corrected chi connectivity index (χ0v) is 5.34. The van der Waals surface area contributed by atoms with Crippen molar-refractivity contribution in [3.8, 4) is 0 Å². The third-order valence-corrected chi connectivity index (χ3v) is 0.908. The van der Waals surface area contributed by atoms with Crippen LogP contribution in [0.3, 0.4) is 0 Å². The fraction of sp³-hybridized carbons (Fsp3) is 0.667. The van der Waals surface area contributed by atoms with E-state index in [2.05, 4.69) is 6.58 Å². The molecule has 0 aromatic carbocycles. The van der Waals surface area contributed by atoms with E-state index in [0.29, 0.717) is 0 Å². The first-order valence-corrected chi connectivity index (χ1v) is 2.82. The van der Waals surface area contributed by atoms with Crippen molar-refractivity contribution in [3.63, 3.8) is 0 Å². The summed E-state index contributed by atoms with van der Waals surface area (Å²) in [6.07, 6.45) is -5.51. The number of rotatable bonds is 3. The van der Waals surface area contributed by atoms with Gasteiger partial charge in [-0.15, -0.1) is 0 Å². The van der Waals surface area contributed by atoms with E-state index in [9.17, 15) is 17.6 Å².